The van der Waals surface area contributed by atoms with E-state index in [0.29, 0.717) is 11.5 Å². The molecular weight excluding hydrogens is 440 g/mol. The van der Waals surface area contributed by atoms with Crippen molar-refractivity contribution in [1.82, 2.24) is 25.8 Å². The van der Waals surface area contributed by atoms with E-state index in [-0.39, 0.29) is 30.4 Å². The second kappa shape index (κ2) is 11.3. The fourth-order valence-corrected chi connectivity index (χ4v) is 3.37. The number of phenolic OH excluding ortho intramolecular Hbond substituents is 1. The summed E-state index contributed by atoms with van der Waals surface area (Å²) in [4.78, 5) is 31.8. The molecule has 7 N–H and O–H groups in total. The van der Waals surface area contributed by atoms with E-state index in [1.807, 2.05) is 13.8 Å². The lowest BCUT2D eigenvalue weighted by Gasteiger charge is -2.19. The highest BCUT2D eigenvalue weighted by molar-refractivity contribution is 5.82. The maximum atomic E-state index is 12.8. The number of aromatic hydroxyl groups is 1. The highest BCUT2D eigenvalue weighted by Crippen LogP contribution is 2.23. The first-order valence-electron chi connectivity index (χ1n) is 11.1. The van der Waals surface area contributed by atoms with Crippen LogP contribution >= 0.6 is 0 Å². The standard InChI is InChI=1S/C23H30N6O5/c1-3-13(2)19(24)20-28-21(34-29-20)17(11-14-6-8-16(30)9-7-14)26-23(33)27-18(22(31)32)12-15-5-4-10-25-15/h4-10,13,17-19,25,30H,3,11-12,24H2,1-2H3,(H,31,32)(H2,26,27,33)/t13?,17-,18-,19-/m0/s1. The third-order valence-electron chi connectivity index (χ3n) is 5.68. The topological polar surface area (TPSA) is 179 Å². The highest BCUT2D eigenvalue weighted by atomic mass is 16.5. The normalized spacial score (nSPS) is 14.7. The van der Waals surface area contributed by atoms with Crippen LogP contribution < -0.4 is 16.4 Å². The van der Waals surface area contributed by atoms with E-state index in [1.54, 1.807) is 30.5 Å². The summed E-state index contributed by atoms with van der Waals surface area (Å²) in [6, 6.07) is 6.92. The lowest BCUT2D eigenvalue weighted by atomic mass is 10.00. The lowest BCUT2D eigenvalue weighted by Crippen LogP contribution is -2.48. The molecule has 4 atom stereocenters. The van der Waals surface area contributed by atoms with Gasteiger partial charge in [-0.25, -0.2) is 9.59 Å². The molecule has 0 spiro atoms. The first kappa shape index (κ1) is 24.8. The van der Waals surface area contributed by atoms with Gasteiger partial charge in [-0.3, -0.25) is 0 Å². The molecule has 11 nitrogen and oxygen atoms in total. The van der Waals surface area contributed by atoms with Crippen molar-refractivity contribution >= 4 is 12.0 Å². The molecule has 0 aliphatic carbocycles. The van der Waals surface area contributed by atoms with Gasteiger partial charge in [0.1, 0.15) is 17.8 Å². The van der Waals surface area contributed by atoms with Crippen LogP contribution in [0.4, 0.5) is 4.79 Å². The Labute approximate surface area is 196 Å². The third-order valence-corrected chi connectivity index (χ3v) is 5.68. The summed E-state index contributed by atoms with van der Waals surface area (Å²) < 4.78 is 5.42. The number of hydrogen-bond donors (Lipinski definition) is 6. The molecule has 34 heavy (non-hydrogen) atoms. The van der Waals surface area contributed by atoms with Gasteiger partial charge in [0.05, 0.1) is 6.04 Å². The average Bonchev–Trinajstić information content (AvgIpc) is 3.51. The van der Waals surface area contributed by atoms with Gasteiger partial charge in [0.2, 0.25) is 5.89 Å². The monoisotopic (exact) mass is 470 g/mol. The summed E-state index contributed by atoms with van der Waals surface area (Å²) in [6.07, 6.45) is 2.87. The second-order valence-electron chi connectivity index (χ2n) is 8.23. The molecular formula is C23H30N6O5. The number of hydrogen-bond acceptors (Lipinski definition) is 7. The van der Waals surface area contributed by atoms with Crippen molar-refractivity contribution in [2.45, 2.75) is 51.2 Å². The Hall–Kier alpha value is -3.86. The molecule has 1 aromatic carbocycles. The SMILES string of the molecule is CCC(C)[C@H](N)c1noc([C@H](Cc2ccc(O)cc2)NC(=O)N[C@@H](Cc2ccc[nH]2)C(=O)O)n1. The summed E-state index contributed by atoms with van der Waals surface area (Å²) in [5.74, 6) is -0.453. The molecule has 1 unspecified atom stereocenters. The van der Waals surface area contributed by atoms with Crippen molar-refractivity contribution in [2.75, 3.05) is 0 Å². The van der Waals surface area contributed by atoms with E-state index < -0.39 is 30.1 Å². The summed E-state index contributed by atoms with van der Waals surface area (Å²) >= 11 is 0. The number of carbonyl (C=O) groups excluding carboxylic acids is 1. The van der Waals surface area contributed by atoms with Crippen LogP contribution in [0.25, 0.3) is 0 Å². The summed E-state index contributed by atoms with van der Waals surface area (Å²) in [5.41, 5.74) is 7.68. The molecule has 182 valence electrons. The van der Waals surface area contributed by atoms with Gasteiger partial charge in [-0.1, -0.05) is 37.6 Å². The maximum Gasteiger partial charge on any atom is 0.326 e. The first-order valence-corrected chi connectivity index (χ1v) is 11.1. The van der Waals surface area contributed by atoms with Gasteiger partial charge in [-0.05, 0) is 35.7 Å². The molecule has 0 aliphatic rings. The first-order chi connectivity index (χ1) is 16.3. The minimum atomic E-state index is -1.17. The molecule has 0 fully saturated rings. The Bertz CT molecular complexity index is 1070. The average molecular weight is 471 g/mol. The number of aromatic amines is 1. The van der Waals surface area contributed by atoms with Crippen molar-refractivity contribution in [2.24, 2.45) is 11.7 Å². The molecule has 2 aromatic heterocycles. The van der Waals surface area contributed by atoms with Gasteiger partial charge in [0, 0.05) is 24.7 Å². The predicted molar refractivity (Wildman–Crippen MR) is 123 cm³/mol. The van der Waals surface area contributed by atoms with E-state index >= 15 is 0 Å². The number of H-pyrrole nitrogens is 1. The number of nitrogens with two attached hydrogens (primary N) is 1. The van der Waals surface area contributed by atoms with E-state index in [9.17, 15) is 19.8 Å². The quantitative estimate of drug-likeness (QED) is 0.247. The van der Waals surface area contributed by atoms with Crippen LogP contribution in [0.15, 0.2) is 47.1 Å². The van der Waals surface area contributed by atoms with Gasteiger partial charge in [-0.15, -0.1) is 0 Å². The number of carbonyl (C=O) groups is 2. The van der Waals surface area contributed by atoms with Gasteiger partial charge >= 0.3 is 12.0 Å². The van der Waals surface area contributed by atoms with Crippen molar-refractivity contribution in [3.63, 3.8) is 0 Å². The zero-order valence-electron chi connectivity index (χ0n) is 19.1. The zero-order chi connectivity index (χ0) is 24.7. The number of rotatable bonds is 11. The van der Waals surface area contributed by atoms with Crippen molar-refractivity contribution in [3.05, 3.63) is 65.6 Å². The van der Waals surface area contributed by atoms with Crippen LogP contribution in [0.1, 0.15) is 55.3 Å². The van der Waals surface area contributed by atoms with Crippen LogP contribution in [0.5, 0.6) is 5.75 Å². The fraction of sp³-hybridized carbons (Fsp3) is 0.391. The molecule has 0 saturated heterocycles. The van der Waals surface area contributed by atoms with Crippen LogP contribution in [0.3, 0.4) is 0 Å². The summed E-state index contributed by atoms with van der Waals surface area (Å²) in [5, 5.41) is 28.3. The van der Waals surface area contributed by atoms with Crippen LogP contribution in [0, 0.1) is 5.92 Å². The molecule has 0 saturated carbocycles. The summed E-state index contributed by atoms with van der Waals surface area (Å²) in [6.45, 7) is 3.99. The van der Waals surface area contributed by atoms with Crippen LogP contribution in [0.2, 0.25) is 0 Å². The van der Waals surface area contributed by atoms with Crippen LogP contribution in [-0.2, 0) is 17.6 Å². The molecule has 2 amide bonds. The number of carboxylic acid groups (broad SMARTS) is 1. The molecule has 0 aliphatic heterocycles. The third kappa shape index (κ3) is 6.58. The van der Waals surface area contributed by atoms with E-state index in [1.165, 1.54) is 12.1 Å². The number of nitrogens with zero attached hydrogens (tertiary/aromatic N) is 2. The minimum Gasteiger partial charge on any atom is -0.508 e. The highest BCUT2D eigenvalue weighted by Gasteiger charge is 2.27. The molecule has 2 heterocycles. The van der Waals surface area contributed by atoms with Gasteiger partial charge in [0.25, 0.3) is 0 Å². The molecule has 0 radical (unpaired) electrons. The molecule has 3 rings (SSSR count). The Kier molecular flexibility index (Phi) is 8.25. The second-order valence-corrected chi connectivity index (χ2v) is 8.23. The number of phenols is 1. The van der Waals surface area contributed by atoms with Gasteiger partial charge in [0.15, 0.2) is 5.82 Å². The lowest BCUT2D eigenvalue weighted by molar-refractivity contribution is -0.139. The van der Waals surface area contributed by atoms with Crippen molar-refractivity contribution in [1.29, 1.82) is 0 Å². The Morgan fingerprint density at radius 1 is 1.18 bits per heavy atom. The number of amides is 2. The Morgan fingerprint density at radius 2 is 1.91 bits per heavy atom. The number of aromatic nitrogens is 3. The number of urea groups is 1. The van der Waals surface area contributed by atoms with Crippen molar-refractivity contribution in [3.8, 4) is 5.75 Å². The number of benzene rings is 1. The van der Waals surface area contributed by atoms with Crippen molar-refractivity contribution < 1.29 is 24.3 Å². The number of nitrogens with one attached hydrogen (secondary N) is 3. The smallest absolute Gasteiger partial charge is 0.326 e. The van der Waals surface area contributed by atoms with E-state index in [4.69, 9.17) is 10.3 Å². The van der Waals surface area contributed by atoms with Crippen LogP contribution in [-0.4, -0.2) is 43.4 Å². The maximum absolute atomic E-state index is 12.8. The fourth-order valence-electron chi connectivity index (χ4n) is 3.37. The summed E-state index contributed by atoms with van der Waals surface area (Å²) in [7, 11) is 0. The van der Waals surface area contributed by atoms with Gasteiger partial charge in [-0.2, -0.15) is 4.98 Å². The number of carboxylic acids is 1. The Balaban J connectivity index is 1.77. The zero-order valence-corrected chi connectivity index (χ0v) is 19.1. The minimum absolute atomic E-state index is 0.0901. The predicted octanol–water partition coefficient (Wildman–Crippen LogP) is 2.43. The molecule has 11 heteroatoms. The van der Waals surface area contributed by atoms with E-state index in [2.05, 4.69) is 25.8 Å². The molecule has 3 aromatic rings. The van der Waals surface area contributed by atoms with E-state index in [0.717, 1.165) is 12.0 Å². The molecule has 0 bridgehead atoms. The number of aliphatic carboxylic acids is 1. The largest absolute Gasteiger partial charge is 0.508 e. The van der Waals surface area contributed by atoms with Gasteiger partial charge < -0.3 is 36.1 Å². The Morgan fingerprint density at radius 3 is 2.53 bits per heavy atom.